The number of nitrogens with one attached hydrogen (secondary N) is 1. The van der Waals surface area contributed by atoms with E-state index in [0.29, 0.717) is 26.3 Å². The second kappa shape index (κ2) is 6.76. The second-order valence-corrected chi connectivity index (χ2v) is 3.68. The zero-order valence-electron chi connectivity index (χ0n) is 9.24. The van der Waals surface area contributed by atoms with E-state index in [4.69, 9.17) is 9.84 Å². The Morgan fingerprint density at radius 1 is 1.67 bits per heavy atom. The van der Waals surface area contributed by atoms with Gasteiger partial charge in [-0.25, -0.2) is 0 Å². The van der Waals surface area contributed by atoms with Crippen LogP contribution in [0.4, 0.5) is 0 Å². The molecular formula is C10H20N2O3. The van der Waals surface area contributed by atoms with Crippen LogP contribution >= 0.6 is 0 Å². The molecule has 0 radical (unpaired) electrons. The van der Waals surface area contributed by atoms with Crippen LogP contribution in [0.15, 0.2) is 0 Å². The zero-order chi connectivity index (χ0) is 11.1. The fourth-order valence-electron chi connectivity index (χ4n) is 1.61. The predicted molar refractivity (Wildman–Crippen MR) is 56.6 cm³/mol. The Bertz CT molecular complexity index is 199. The molecule has 1 amide bonds. The van der Waals surface area contributed by atoms with Crippen molar-refractivity contribution >= 4 is 5.91 Å². The van der Waals surface area contributed by atoms with E-state index in [1.165, 1.54) is 0 Å². The Hall–Kier alpha value is -0.650. The molecule has 1 unspecified atom stereocenters. The Kier molecular flexibility index (Phi) is 5.60. The maximum absolute atomic E-state index is 11.7. The van der Waals surface area contributed by atoms with Crippen molar-refractivity contribution < 1.29 is 14.6 Å². The SMILES string of the molecule is CCCNCC(=O)N1CCOCC1CO. The van der Waals surface area contributed by atoms with Crippen molar-refractivity contribution in [3.8, 4) is 0 Å². The van der Waals surface area contributed by atoms with Gasteiger partial charge >= 0.3 is 0 Å². The first kappa shape index (κ1) is 12.4. The van der Waals surface area contributed by atoms with Gasteiger partial charge in [0.05, 0.1) is 32.4 Å². The number of hydrogen-bond donors (Lipinski definition) is 2. The third-order valence-corrected chi connectivity index (χ3v) is 2.46. The summed E-state index contributed by atoms with van der Waals surface area (Å²) in [5, 5.41) is 12.2. The molecule has 1 atom stereocenters. The topological polar surface area (TPSA) is 61.8 Å². The molecule has 0 aromatic rings. The standard InChI is InChI=1S/C10H20N2O3/c1-2-3-11-6-10(14)12-4-5-15-8-9(12)7-13/h9,11,13H,2-8H2,1H3. The zero-order valence-corrected chi connectivity index (χ0v) is 9.24. The highest BCUT2D eigenvalue weighted by Crippen LogP contribution is 2.06. The lowest BCUT2D eigenvalue weighted by Crippen LogP contribution is -2.52. The number of carbonyl (C=O) groups excluding carboxylic acids is 1. The summed E-state index contributed by atoms with van der Waals surface area (Å²) < 4.78 is 5.20. The highest BCUT2D eigenvalue weighted by molar-refractivity contribution is 5.78. The Balaban J connectivity index is 2.34. The summed E-state index contributed by atoms with van der Waals surface area (Å²) in [5.41, 5.74) is 0. The number of aliphatic hydroxyl groups excluding tert-OH is 1. The van der Waals surface area contributed by atoms with Crippen LogP contribution in [0.3, 0.4) is 0 Å². The summed E-state index contributed by atoms with van der Waals surface area (Å²) in [5.74, 6) is 0.0470. The van der Waals surface area contributed by atoms with Gasteiger partial charge in [-0.2, -0.15) is 0 Å². The molecule has 1 fully saturated rings. The number of aliphatic hydroxyl groups is 1. The van der Waals surface area contributed by atoms with Crippen molar-refractivity contribution in [1.29, 1.82) is 0 Å². The monoisotopic (exact) mass is 216 g/mol. The van der Waals surface area contributed by atoms with Crippen LogP contribution in [-0.2, 0) is 9.53 Å². The van der Waals surface area contributed by atoms with Gasteiger partial charge in [0.1, 0.15) is 0 Å². The second-order valence-electron chi connectivity index (χ2n) is 3.68. The number of hydrogen-bond acceptors (Lipinski definition) is 4. The van der Waals surface area contributed by atoms with Crippen LogP contribution in [-0.4, -0.2) is 61.4 Å². The molecule has 0 bridgehead atoms. The van der Waals surface area contributed by atoms with E-state index in [1.54, 1.807) is 4.90 Å². The van der Waals surface area contributed by atoms with E-state index >= 15 is 0 Å². The van der Waals surface area contributed by atoms with Crippen LogP contribution in [0.25, 0.3) is 0 Å². The molecule has 0 aromatic carbocycles. The van der Waals surface area contributed by atoms with Crippen LogP contribution in [0.5, 0.6) is 0 Å². The fraction of sp³-hybridized carbons (Fsp3) is 0.900. The number of nitrogens with zero attached hydrogens (tertiary/aromatic N) is 1. The molecule has 5 nitrogen and oxygen atoms in total. The normalized spacial score (nSPS) is 21.7. The fourth-order valence-corrected chi connectivity index (χ4v) is 1.61. The van der Waals surface area contributed by atoms with Crippen LogP contribution < -0.4 is 5.32 Å². The first-order valence-corrected chi connectivity index (χ1v) is 5.48. The van der Waals surface area contributed by atoms with Crippen molar-refractivity contribution in [2.75, 3.05) is 39.5 Å². The maximum atomic E-state index is 11.7. The lowest BCUT2D eigenvalue weighted by molar-refractivity contribution is -0.140. The van der Waals surface area contributed by atoms with E-state index in [1.807, 2.05) is 0 Å². The molecule has 5 heteroatoms. The molecule has 1 heterocycles. The number of rotatable bonds is 5. The molecule has 15 heavy (non-hydrogen) atoms. The highest BCUT2D eigenvalue weighted by atomic mass is 16.5. The van der Waals surface area contributed by atoms with Gasteiger partial charge in [0.15, 0.2) is 0 Å². The first-order chi connectivity index (χ1) is 7.29. The number of ether oxygens (including phenoxy) is 1. The van der Waals surface area contributed by atoms with Crippen molar-refractivity contribution in [3.05, 3.63) is 0 Å². The average molecular weight is 216 g/mol. The third-order valence-electron chi connectivity index (χ3n) is 2.46. The van der Waals surface area contributed by atoms with Crippen molar-refractivity contribution in [3.63, 3.8) is 0 Å². The third kappa shape index (κ3) is 3.77. The molecule has 88 valence electrons. The Morgan fingerprint density at radius 2 is 2.47 bits per heavy atom. The lowest BCUT2D eigenvalue weighted by Gasteiger charge is -2.34. The van der Waals surface area contributed by atoms with E-state index in [-0.39, 0.29) is 18.6 Å². The quantitative estimate of drug-likeness (QED) is 0.591. The summed E-state index contributed by atoms with van der Waals surface area (Å²) >= 11 is 0. The van der Waals surface area contributed by atoms with E-state index < -0.39 is 0 Å². The average Bonchev–Trinajstić information content (AvgIpc) is 2.29. The molecule has 0 aliphatic carbocycles. The van der Waals surface area contributed by atoms with E-state index in [9.17, 15) is 4.79 Å². The molecular weight excluding hydrogens is 196 g/mol. The van der Waals surface area contributed by atoms with Crippen LogP contribution in [0.2, 0.25) is 0 Å². The maximum Gasteiger partial charge on any atom is 0.237 e. The van der Waals surface area contributed by atoms with Gasteiger partial charge in [-0.1, -0.05) is 6.92 Å². The molecule has 1 saturated heterocycles. The van der Waals surface area contributed by atoms with Crippen molar-refractivity contribution in [1.82, 2.24) is 10.2 Å². The number of morpholine rings is 1. The van der Waals surface area contributed by atoms with Crippen LogP contribution in [0.1, 0.15) is 13.3 Å². The first-order valence-electron chi connectivity index (χ1n) is 5.48. The highest BCUT2D eigenvalue weighted by Gasteiger charge is 2.25. The number of amides is 1. The molecule has 1 aliphatic rings. The van der Waals surface area contributed by atoms with E-state index in [0.717, 1.165) is 13.0 Å². The van der Waals surface area contributed by atoms with Gasteiger partial charge in [-0.15, -0.1) is 0 Å². The molecule has 0 aromatic heterocycles. The Morgan fingerprint density at radius 3 is 3.13 bits per heavy atom. The number of carbonyl (C=O) groups is 1. The molecule has 0 spiro atoms. The van der Waals surface area contributed by atoms with Gasteiger partial charge in [-0.3, -0.25) is 4.79 Å². The summed E-state index contributed by atoms with van der Waals surface area (Å²) in [6, 6.07) is -0.172. The molecule has 1 rings (SSSR count). The van der Waals surface area contributed by atoms with Gasteiger partial charge < -0.3 is 20.1 Å². The largest absolute Gasteiger partial charge is 0.394 e. The molecule has 2 N–H and O–H groups in total. The van der Waals surface area contributed by atoms with Gasteiger partial charge in [0.2, 0.25) is 5.91 Å². The van der Waals surface area contributed by atoms with Gasteiger partial charge in [0.25, 0.3) is 0 Å². The van der Waals surface area contributed by atoms with Crippen molar-refractivity contribution in [2.45, 2.75) is 19.4 Å². The smallest absolute Gasteiger partial charge is 0.237 e. The predicted octanol–water partition coefficient (Wildman–Crippen LogP) is -0.794. The molecule has 0 saturated carbocycles. The summed E-state index contributed by atoms with van der Waals surface area (Å²) in [4.78, 5) is 13.4. The minimum absolute atomic E-state index is 0.0283. The molecule has 1 aliphatic heterocycles. The lowest BCUT2D eigenvalue weighted by atomic mass is 10.2. The summed E-state index contributed by atoms with van der Waals surface area (Å²) in [6.07, 6.45) is 1.01. The summed E-state index contributed by atoms with van der Waals surface area (Å²) in [6.45, 7) is 4.82. The van der Waals surface area contributed by atoms with Gasteiger partial charge in [-0.05, 0) is 13.0 Å². The minimum Gasteiger partial charge on any atom is -0.394 e. The van der Waals surface area contributed by atoms with E-state index in [2.05, 4.69) is 12.2 Å². The van der Waals surface area contributed by atoms with Gasteiger partial charge in [0, 0.05) is 6.54 Å². The Labute approximate surface area is 90.4 Å². The van der Waals surface area contributed by atoms with Crippen LogP contribution in [0, 0.1) is 0 Å². The minimum atomic E-state index is -0.172. The summed E-state index contributed by atoms with van der Waals surface area (Å²) in [7, 11) is 0. The van der Waals surface area contributed by atoms with Crippen molar-refractivity contribution in [2.24, 2.45) is 0 Å².